The van der Waals surface area contributed by atoms with Crippen molar-refractivity contribution in [3.8, 4) is 5.75 Å². The topological polar surface area (TPSA) is 55.8 Å². The molecule has 1 aromatic carbocycles. The van der Waals surface area contributed by atoms with Crippen molar-refractivity contribution < 1.29 is 19.4 Å². The van der Waals surface area contributed by atoms with Crippen molar-refractivity contribution in [2.24, 2.45) is 0 Å². The number of aliphatic carboxylic acids is 1. The molecule has 0 fully saturated rings. The Morgan fingerprint density at radius 3 is 2.75 bits per heavy atom. The van der Waals surface area contributed by atoms with Crippen LogP contribution in [0.3, 0.4) is 0 Å². The van der Waals surface area contributed by atoms with Crippen LogP contribution >= 0.6 is 0 Å². The number of methoxy groups -OCH3 is 2. The van der Waals surface area contributed by atoms with Crippen molar-refractivity contribution in [1.29, 1.82) is 0 Å². The van der Waals surface area contributed by atoms with E-state index in [4.69, 9.17) is 14.6 Å². The van der Waals surface area contributed by atoms with E-state index < -0.39 is 5.97 Å². The highest BCUT2D eigenvalue weighted by Gasteiger charge is 2.02. The highest BCUT2D eigenvalue weighted by atomic mass is 16.5. The second kappa shape index (κ2) is 5.92. The van der Waals surface area contributed by atoms with Crippen LogP contribution in [0, 0.1) is 0 Å². The summed E-state index contributed by atoms with van der Waals surface area (Å²) < 4.78 is 10.2. The average molecular weight is 222 g/mol. The fourth-order valence-corrected chi connectivity index (χ4v) is 1.34. The molecule has 0 atom stereocenters. The number of hydrogen-bond donors (Lipinski definition) is 1. The molecule has 0 saturated carbocycles. The second-order valence-electron chi connectivity index (χ2n) is 3.18. The first kappa shape index (κ1) is 12.3. The predicted molar refractivity (Wildman–Crippen MR) is 60.4 cm³/mol. The molecule has 0 bridgehead atoms. The number of ether oxygens (including phenoxy) is 2. The van der Waals surface area contributed by atoms with E-state index in [0.717, 1.165) is 23.0 Å². The Morgan fingerprint density at radius 2 is 2.19 bits per heavy atom. The Hall–Kier alpha value is -1.81. The van der Waals surface area contributed by atoms with Crippen LogP contribution in [0.15, 0.2) is 24.3 Å². The zero-order chi connectivity index (χ0) is 12.0. The largest absolute Gasteiger partial charge is 0.496 e. The third-order valence-electron chi connectivity index (χ3n) is 2.02. The minimum atomic E-state index is -0.968. The summed E-state index contributed by atoms with van der Waals surface area (Å²) in [6.07, 6.45) is 2.62. The summed E-state index contributed by atoms with van der Waals surface area (Å²) >= 11 is 0. The molecule has 0 saturated heterocycles. The van der Waals surface area contributed by atoms with Gasteiger partial charge in [0.15, 0.2) is 0 Å². The number of hydrogen-bond acceptors (Lipinski definition) is 3. The van der Waals surface area contributed by atoms with Gasteiger partial charge in [-0.05, 0) is 23.8 Å². The van der Waals surface area contributed by atoms with E-state index in [1.807, 2.05) is 6.07 Å². The normalized spacial score (nSPS) is 10.6. The van der Waals surface area contributed by atoms with Crippen LogP contribution < -0.4 is 4.74 Å². The number of carboxylic acids is 1. The smallest absolute Gasteiger partial charge is 0.328 e. The zero-order valence-corrected chi connectivity index (χ0v) is 9.27. The first-order valence-corrected chi connectivity index (χ1v) is 4.74. The summed E-state index contributed by atoms with van der Waals surface area (Å²) in [4.78, 5) is 10.4. The zero-order valence-electron chi connectivity index (χ0n) is 9.27. The lowest BCUT2D eigenvalue weighted by atomic mass is 10.1. The van der Waals surface area contributed by atoms with Crippen LogP contribution in [0.1, 0.15) is 11.1 Å². The molecule has 0 heterocycles. The van der Waals surface area contributed by atoms with Gasteiger partial charge in [-0.15, -0.1) is 0 Å². The second-order valence-corrected chi connectivity index (χ2v) is 3.18. The molecule has 1 rings (SSSR count). The van der Waals surface area contributed by atoms with Gasteiger partial charge < -0.3 is 14.6 Å². The molecule has 0 spiro atoms. The lowest BCUT2D eigenvalue weighted by molar-refractivity contribution is -0.131. The van der Waals surface area contributed by atoms with E-state index in [1.165, 1.54) is 6.08 Å². The number of carboxylic acid groups (broad SMARTS) is 1. The lowest BCUT2D eigenvalue weighted by Crippen LogP contribution is -1.94. The Kier molecular flexibility index (Phi) is 4.54. The standard InChI is InChI=1S/C12H14O4/c1-15-8-10-7-9(4-6-12(13)14)3-5-11(10)16-2/h3-7H,8H2,1-2H3,(H,13,14)/b6-4+. The molecular formula is C12H14O4. The summed E-state index contributed by atoms with van der Waals surface area (Å²) in [5.74, 6) is -0.238. The van der Waals surface area contributed by atoms with Crippen LogP contribution in [0.5, 0.6) is 5.75 Å². The van der Waals surface area contributed by atoms with Gasteiger partial charge in [-0.3, -0.25) is 0 Å². The maximum atomic E-state index is 10.4. The van der Waals surface area contributed by atoms with Crippen LogP contribution in [0.4, 0.5) is 0 Å². The van der Waals surface area contributed by atoms with Crippen LogP contribution in [0.2, 0.25) is 0 Å². The van der Waals surface area contributed by atoms with Crippen LogP contribution in [-0.4, -0.2) is 25.3 Å². The minimum Gasteiger partial charge on any atom is -0.496 e. The maximum Gasteiger partial charge on any atom is 0.328 e. The van der Waals surface area contributed by atoms with Crippen LogP contribution in [-0.2, 0) is 16.1 Å². The molecule has 1 aromatic rings. The average Bonchev–Trinajstić information content (AvgIpc) is 2.27. The maximum absolute atomic E-state index is 10.4. The summed E-state index contributed by atoms with van der Waals surface area (Å²) in [5, 5.41) is 8.51. The molecule has 0 aliphatic rings. The molecule has 0 unspecified atom stereocenters. The number of carbonyl (C=O) groups is 1. The van der Waals surface area contributed by atoms with Gasteiger partial charge in [0, 0.05) is 18.7 Å². The molecule has 0 radical (unpaired) electrons. The Balaban J connectivity index is 2.96. The van der Waals surface area contributed by atoms with Crippen molar-refractivity contribution in [3.05, 3.63) is 35.4 Å². The highest BCUT2D eigenvalue weighted by molar-refractivity contribution is 5.85. The van der Waals surface area contributed by atoms with Gasteiger partial charge in [-0.2, -0.15) is 0 Å². The van der Waals surface area contributed by atoms with E-state index in [1.54, 1.807) is 26.4 Å². The molecule has 86 valence electrons. The van der Waals surface area contributed by atoms with Gasteiger partial charge in [0.25, 0.3) is 0 Å². The lowest BCUT2D eigenvalue weighted by Gasteiger charge is -2.08. The molecule has 4 nitrogen and oxygen atoms in total. The molecule has 0 aromatic heterocycles. The summed E-state index contributed by atoms with van der Waals surface area (Å²) in [5.41, 5.74) is 1.69. The first-order chi connectivity index (χ1) is 7.67. The van der Waals surface area contributed by atoms with E-state index in [-0.39, 0.29) is 0 Å². The molecular weight excluding hydrogens is 208 g/mol. The van der Waals surface area contributed by atoms with Crippen molar-refractivity contribution in [2.75, 3.05) is 14.2 Å². The third-order valence-corrected chi connectivity index (χ3v) is 2.02. The fourth-order valence-electron chi connectivity index (χ4n) is 1.34. The van der Waals surface area contributed by atoms with Crippen LogP contribution in [0.25, 0.3) is 6.08 Å². The number of benzene rings is 1. The van der Waals surface area contributed by atoms with E-state index >= 15 is 0 Å². The minimum absolute atomic E-state index is 0.428. The molecule has 16 heavy (non-hydrogen) atoms. The Bertz CT molecular complexity index is 396. The highest BCUT2D eigenvalue weighted by Crippen LogP contribution is 2.21. The summed E-state index contributed by atoms with van der Waals surface area (Å²) in [6, 6.07) is 5.41. The Labute approximate surface area is 94.1 Å². The Morgan fingerprint density at radius 1 is 1.44 bits per heavy atom. The third kappa shape index (κ3) is 3.40. The van der Waals surface area contributed by atoms with E-state index in [9.17, 15) is 4.79 Å². The van der Waals surface area contributed by atoms with Gasteiger partial charge in [-0.1, -0.05) is 6.07 Å². The quantitative estimate of drug-likeness (QED) is 0.773. The van der Waals surface area contributed by atoms with Crippen molar-refractivity contribution in [1.82, 2.24) is 0 Å². The molecule has 4 heteroatoms. The van der Waals surface area contributed by atoms with E-state index in [0.29, 0.717) is 6.61 Å². The molecule has 0 amide bonds. The monoisotopic (exact) mass is 222 g/mol. The SMILES string of the molecule is COCc1cc(/C=C/C(=O)O)ccc1OC. The van der Waals surface area contributed by atoms with Gasteiger partial charge in [-0.25, -0.2) is 4.79 Å². The molecule has 1 N–H and O–H groups in total. The fraction of sp³-hybridized carbons (Fsp3) is 0.250. The molecule has 0 aliphatic heterocycles. The van der Waals surface area contributed by atoms with E-state index in [2.05, 4.69) is 0 Å². The van der Waals surface area contributed by atoms with Crippen molar-refractivity contribution in [2.45, 2.75) is 6.61 Å². The molecule has 0 aliphatic carbocycles. The first-order valence-electron chi connectivity index (χ1n) is 4.74. The van der Waals surface area contributed by atoms with Gasteiger partial charge >= 0.3 is 5.97 Å². The van der Waals surface area contributed by atoms with Crippen molar-refractivity contribution >= 4 is 12.0 Å². The summed E-state index contributed by atoms with van der Waals surface area (Å²) in [6.45, 7) is 0.428. The van der Waals surface area contributed by atoms with Crippen molar-refractivity contribution in [3.63, 3.8) is 0 Å². The van der Waals surface area contributed by atoms with Gasteiger partial charge in [0.1, 0.15) is 5.75 Å². The summed E-state index contributed by atoms with van der Waals surface area (Å²) in [7, 11) is 3.18. The number of rotatable bonds is 5. The van der Waals surface area contributed by atoms with Gasteiger partial charge in [0.2, 0.25) is 0 Å². The van der Waals surface area contributed by atoms with Gasteiger partial charge in [0.05, 0.1) is 13.7 Å². The predicted octanol–water partition coefficient (Wildman–Crippen LogP) is 1.94.